The third-order valence-corrected chi connectivity index (χ3v) is 4.58. The second-order valence-corrected chi connectivity index (χ2v) is 6.07. The SMILES string of the molecule is CCN(Cc1ccccc1C)C(=O)CCC1CCNCC1.Cl. The maximum absolute atomic E-state index is 12.4. The number of benzene rings is 1. The van der Waals surface area contributed by atoms with E-state index in [1.165, 1.54) is 24.0 Å². The first-order valence-corrected chi connectivity index (χ1v) is 8.23. The summed E-state index contributed by atoms with van der Waals surface area (Å²) in [4.78, 5) is 14.4. The van der Waals surface area contributed by atoms with E-state index in [0.717, 1.165) is 38.5 Å². The molecule has 2 rings (SSSR count). The summed E-state index contributed by atoms with van der Waals surface area (Å²) in [6.45, 7) is 7.94. The number of hydrogen-bond donors (Lipinski definition) is 1. The largest absolute Gasteiger partial charge is 0.339 e. The molecule has 1 fully saturated rings. The highest BCUT2D eigenvalue weighted by atomic mass is 35.5. The molecule has 1 aromatic rings. The Morgan fingerprint density at radius 1 is 1.27 bits per heavy atom. The van der Waals surface area contributed by atoms with E-state index < -0.39 is 0 Å². The van der Waals surface area contributed by atoms with Gasteiger partial charge in [0.05, 0.1) is 0 Å². The van der Waals surface area contributed by atoms with Crippen LogP contribution in [0.4, 0.5) is 0 Å². The van der Waals surface area contributed by atoms with E-state index in [2.05, 4.69) is 37.4 Å². The molecule has 1 aliphatic rings. The number of amides is 1. The van der Waals surface area contributed by atoms with Crippen molar-refractivity contribution in [3.63, 3.8) is 0 Å². The van der Waals surface area contributed by atoms with Gasteiger partial charge in [0, 0.05) is 19.5 Å². The molecule has 0 spiro atoms. The van der Waals surface area contributed by atoms with Crippen LogP contribution >= 0.6 is 12.4 Å². The van der Waals surface area contributed by atoms with E-state index in [1.807, 2.05) is 11.0 Å². The lowest BCUT2D eigenvalue weighted by Crippen LogP contribution is -2.32. The summed E-state index contributed by atoms with van der Waals surface area (Å²) >= 11 is 0. The zero-order valence-electron chi connectivity index (χ0n) is 13.8. The maximum atomic E-state index is 12.4. The fourth-order valence-electron chi connectivity index (χ4n) is 3.03. The summed E-state index contributed by atoms with van der Waals surface area (Å²) in [5.41, 5.74) is 2.52. The van der Waals surface area contributed by atoms with Crippen LogP contribution in [0.3, 0.4) is 0 Å². The molecule has 1 saturated heterocycles. The number of halogens is 1. The average molecular weight is 325 g/mol. The van der Waals surface area contributed by atoms with Gasteiger partial charge in [0.15, 0.2) is 0 Å². The number of carbonyl (C=O) groups is 1. The van der Waals surface area contributed by atoms with Crippen LogP contribution in [0.5, 0.6) is 0 Å². The number of aryl methyl sites for hydroxylation is 1. The van der Waals surface area contributed by atoms with Crippen molar-refractivity contribution in [3.8, 4) is 0 Å². The molecule has 0 unspecified atom stereocenters. The molecular weight excluding hydrogens is 296 g/mol. The number of nitrogens with one attached hydrogen (secondary N) is 1. The normalized spacial score (nSPS) is 15.2. The minimum Gasteiger partial charge on any atom is -0.339 e. The van der Waals surface area contributed by atoms with Crippen LogP contribution in [-0.2, 0) is 11.3 Å². The first kappa shape index (κ1) is 19.0. The van der Waals surface area contributed by atoms with Gasteiger partial charge in [0.25, 0.3) is 0 Å². The van der Waals surface area contributed by atoms with Crippen molar-refractivity contribution >= 4 is 18.3 Å². The maximum Gasteiger partial charge on any atom is 0.222 e. The van der Waals surface area contributed by atoms with Crippen LogP contribution in [0.25, 0.3) is 0 Å². The summed E-state index contributed by atoms with van der Waals surface area (Å²) in [7, 11) is 0. The molecule has 0 atom stereocenters. The summed E-state index contributed by atoms with van der Waals surface area (Å²) in [5.74, 6) is 1.03. The summed E-state index contributed by atoms with van der Waals surface area (Å²) in [6, 6.07) is 8.34. The van der Waals surface area contributed by atoms with E-state index in [4.69, 9.17) is 0 Å². The Bertz CT molecular complexity index is 458. The second kappa shape index (κ2) is 9.86. The molecule has 1 heterocycles. The van der Waals surface area contributed by atoms with Crippen molar-refractivity contribution in [2.24, 2.45) is 5.92 Å². The van der Waals surface area contributed by atoms with Crippen molar-refractivity contribution in [1.82, 2.24) is 10.2 Å². The van der Waals surface area contributed by atoms with Gasteiger partial charge in [-0.3, -0.25) is 4.79 Å². The van der Waals surface area contributed by atoms with Crippen molar-refractivity contribution in [1.29, 1.82) is 0 Å². The third-order valence-electron chi connectivity index (χ3n) is 4.58. The molecule has 0 aliphatic carbocycles. The molecule has 0 aromatic heterocycles. The Kier molecular flexibility index (Phi) is 8.51. The van der Waals surface area contributed by atoms with Crippen molar-refractivity contribution in [3.05, 3.63) is 35.4 Å². The molecular formula is C18H29ClN2O. The first-order valence-electron chi connectivity index (χ1n) is 8.23. The molecule has 22 heavy (non-hydrogen) atoms. The molecule has 0 radical (unpaired) electrons. The number of rotatable bonds is 6. The standard InChI is InChI=1S/C18H28N2O.ClH/c1-3-20(14-17-7-5-4-6-15(17)2)18(21)9-8-16-10-12-19-13-11-16;/h4-7,16,19H,3,8-14H2,1-2H3;1H. The number of piperidine rings is 1. The Hall–Kier alpha value is -1.06. The molecule has 1 N–H and O–H groups in total. The Labute approximate surface area is 140 Å². The minimum absolute atomic E-state index is 0. The zero-order valence-corrected chi connectivity index (χ0v) is 14.6. The zero-order chi connectivity index (χ0) is 15.1. The van der Waals surface area contributed by atoms with Crippen LogP contribution in [0, 0.1) is 12.8 Å². The van der Waals surface area contributed by atoms with Gasteiger partial charge in [-0.25, -0.2) is 0 Å². The highest BCUT2D eigenvalue weighted by Gasteiger charge is 2.17. The van der Waals surface area contributed by atoms with Crippen LogP contribution < -0.4 is 5.32 Å². The highest BCUT2D eigenvalue weighted by molar-refractivity contribution is 5.85. The predicted molar refractivity (Wildman–Crippen MR) is 94.3 cm³/mol. The van der Waals surface area contributed by atoms with Crippen LogP contribution in [0.15, 0.2) is 24.3 Å². The molecule has 1 aliphatic heterocycles. The lowest BCUT2D eigenvalue weighted by molar-refractivity contribution is -0.132. The lowest BCUT2D eigenvalue weighted by atomic mass is 9.93. The van der Waals surface area contributed by atoms with E-state index in [1.54, 1.807) is 0 Å². The van der Waals surface area contributed by atoms with Gasteiger partial charge < -0.3 is 10.2 Å². The van der Waals surface area contributed by atoms with Crippen LogP contribution in [0.1, 0.15) is 43.7 Å². The van der Waals surface area contributed by atoms with E-state index in [-0.39, 0.29) is 12.4 Å². The van der Waals surface area contributed by atoms with Crippen molar-refractivity contribution in [2.75, 3.05) is 19.6 Å². The summed E-state index contributed by atoms with van der Waals surface area (Å²) in [5, 5.41) is 3.38. The van der Waals surface area contributed by atoms with Gasteiger partial charge in [0.1, 0.15) is 0 Å². The van der Waals surface area contributed by atoms with Crippen LogP contribution in [0.2, 0.25) is 0 Å². The van der Waals surface area contributed by atoms with E-state index in [9.17, 15) is 4.79 Å². The molecule has 4 heteroatoms. The van der Waals surface area contributed by atoms with Crippen molar-refractivity contribution < 1.29 is 4.79 Å². The van der Waals surface area contributed by atoms with Gasteiger partial charge in [-0.1, -0.05) is 24.3 Å². The Balaban J connectivity index is 0.00000242. The number of nitrogens with zero attached hydrogens (tertiary/aromatic N) is 1. The fraction of sp³-hybridized carbons (Fsp3) is 0.611. The monoisotopic (exact) mass is 324 g/mol. The minimum atomic E-state index is 0. The quantitative estimate of drug-likeness (QED) is 0.868. The molecule has 124 valence electrons. The Morgan fingerprint density at radius 3 is 2.59 bits per heavy atom. The molecule has 3 nitrogen and oxygen atoms in total. The van der Waals surface area contributed by atoms with E-state index in [0.29, 0.717) is 12.3 Å². The number of carbonyl (C=O) groups excluding carboxylic acids is 1. The average Bonchev–Trinajstić information content (AvgIpc) is 2.53. The molecule has 1 aromatic carbocycles. The molecule has 0 bridgehead atoms. The van der Waals surface area contributed by atoms with Gasteiger partial charge in [0.2, 0.25) is 5.91 Å². The molecule has 1 amide bonds. The second-order valence-electron chi connectivity index (χ2n) is 6.07. The number of hydrogen-bond acceptors (Lipinski definition) is 2. The third kappa shape index (κ3) is 5.62. The lowest BCUT2D eigenvalue weighted by Gasteiger charge is -2.25. The van der Waals surface area contributed by atoms with Crippen molar-refractivity contribution in [2.45, 2.75) is 46.1 Å². The summed E-state index contributed by atoms with van der Waals surface area (Å²) in [6.07, 6.45) is 4.18. The fourth-order valence-corrected chi connectivity index (χ4v) is 3.03. The van der Waals surface area contributed by atoms with Gasteiger partial charge in [-0.05, 0) is 63.2 Å². The predicted octanol–water partition coefficient (Wildman–Crippen LogP) is 3.55. The van der Waals surface area contributed by atoms with Gasteiger partial charge in [-0.15, -0.1) is 12.4 Å². The first-order chi connectivity index (χ1) is 10.2. The van der Waals surface area contributed by atoms with Crippen LogP contribution in [-0.4, -0.2) is 30.4 Å². The highest BCUT2D eigenvalue weighted by Crippen LogP contribution is 2.19. The van der Waals surface area contributed by atoms with E-state index >= 15 is 0 Å². The smallest absolute Gasteiger partial charge is 0.222 e. The molecule has 0 saturated carbocycles. The van der Waals surface area contributed by atoms with Gasteiger partial charge in [-0.2, -0.15) is 0 Å². The Morgan fingerprint density at radius 2 is 1.95 bits per heavy atom. The summed E-state index contributed by atoms with van der Waals surface area (Å²) < 4.78 is 0. The van der Waals surface area contributed by atoms with Gasteiger partial charge >= 0.3 is 0 Å². The topological polar surface area (TPSA) is 32.3 Å².